The zero-order valence-corrected chi connectivity index (χ0v) is 10.5. The lowest BCUT2D eigenvalue weighted by atomic mass is 9.93. The minimum absolute atomic E-state index is 0.00935. The SMILES string of the molecule is CC(CO)(NC(=O)Cn1cnnn1)c1ccccc1. The summed E-state index contributed by atoms with van der Waals surface area (Å²) >= 11 is 0. The number of hydrogen-bond donors (Lipinski definition) is 2. The largest absolute Gasteiger partial charge is 0.394 e. The summed E-state index contributed by atoms with van der Waals surface area (Å²) in [7, 11) is 0. The molecule has 0 aliphatic heterocycles. The van der Waals surface area contributed by atoms with E-state index in [0.29, 0.717) is 0 Å². The molecular formula is C12H15N5O2. The number of hydrogen-bond acceptors (Lipinski definition) is 5. The molecule has 0 radical (unpaired) electrons. The number of aliphatic hydroxyl groups is 1. The first-order valence-corrected chi connectivity index (χ1v) is 5.82. The maximum atomic E-state index is 11.9. The van der Waals surface area contributed by atoms with Gasteiger partial charge in [-0.25, -0.2) is 4.68 Å². The zero-order chi connectivity index (χ0) is 13.7. The van der Waals surface area contributed by atoms with E-state index in [1.54, 1.807) is 6.92 Å². The van der Waals surface area contributed by atoms with Gasteiger partial charge in [0.15, 0.2) is 0 Å². The van der Waals surface area contributed by atoms with Crippen molar-refractivity contribution in [3.05, 3.63) is 42.2 Å². The Morgan fingerprint density at radius 2 is 2.16 bits per heavy atom. The maximum absolute atomic E-state index is 11.9. The van der Waals surface area contributed by atoms with Gasteiger partial charge in [-0.3, -0.25) is 4.79 Å². The highest BCUT2D eigenvalue weighted by molar-refractivity contribution is 5.76. The summed E-state index contributed by atoms with van der Waals surface area (Å²) in [5.74, 6) is -0.271. The molecule has 1 atom stereocenters. The monoisotopic (exact) mass is 261 g/mol. The number of nitrogens with one attached hydrogen (secondary N) is 1. The second-order valence-electron chi connectivity index (χ2n) is 4.41. The fourth-order valence-corrected chi connectivity index (χ4v) is 1.76. The highest BCUT2D eigenvalue weighted by atomic mass is 16.3. The normalized spacial score (nSPS) is 13.8. The second kappa shape index (κ2) is 5.57. The first kappa shape index (κ1) is 13.2. The summed E-state index contributed by atoms with van der Waals surface area (Å²) in [5, 5.41) is 22.9. The van der Waals surface area contributed by atoms with Crippen LogP contribution in [0.2, 0.25) is 0 Å². The van der Waals surface area contributed by atoms with Crippen molar-refractivity contribution in [1.29, 1.82) is 0 Å². The molecule has 0 saturated carbocycles. The van der Waals surface area contributed by atoms with Crippen molar-refractivity contribution in [3.8, 4) is 0 Å². The third-order valence-electron chi connectivity index (χ3n) is 2.84. The Morgan fingerprint density at radius 3 is 2.74 bits per heavy atom. The van der Waals surface area contributed by atoms with E-state index in [1.165, 1.54) is 11.0 Å². The van der Waals surface area contributed by atoms with Crippen LogP contribution in [-0.4, -0.2) is 37.8 Å². The van der Waals surface area contributed by atoms with Crippen molar-refractivity contribution < 1.29 is 9.90 Å². The Labute approximate surface area is 110 Å². The third kappa shape index (κ3) is 3.14. The van der Waals surface area contributed by atoms with Gasteiger partial charge in [-0.15, -0.1) is 5.10 Å². The van der Waals surface area contributed by atoms with Crippen molar-refractivity contribution in [2.75, 3.05) is 6.61 Å². The molecule has 0 aliphatic rings. The van der Waals surface area contributed by atoms with E-state index in [9.17, 15) is 9.90 Å². The van der Waals surface area contributed by atoms with Crippen LogP contribution in [0.3, 0.4) is 0 Å². The van der Waals surface area contributed by atoms with Crippen LogP contribution in [0, 0.1) is 0 Å². The first-order valence-electron chi connectivity index (χ1n) is 5.82. The Bertz CT molecular complexity index is 528. The summed E-state index contributed by atoms with van der Waals surface area (Å²) in [6, 6.07) is 9.30. The van der Waals surface area contributed by atoms with Gasteiger partial charge in [0.25, 0.3) is 0 Å². The molecule has 1 unspecified atom stereocenters. The number of tetrazole rings is 1. The van der Waals surface area contributed by atoms with Crippen molar-refractivity contribution in [1.82, 2.24) is 25.5 Å². The highest BCUT2D eigenvalue weighted by Crippen LogP contribution is 2.19. The van der Waals surface area contributed by atoms with Crippen LogP contribution >= 0.6 is 0 Å². The molecule has 2 N–H and O–H groups in total. The lowest BCUT2D eigenvalue weighted by Crippen LogP contribution is -2.47. The fraction of sp³-hybridized carbons (Fsp3) is 0.333. The molecule has 7 nitrogen and oxygen atoms in total. The molecule has 0 fully saturated rings. The number of benzene rings is 1. The number of aromatic nitrogens is 4. The number of rotatable bonds is 5. The zero-order valence-electron chi connectivity index (χ0n) is 10.5. The molecule has 1 aromatic heterocycles. The molecule has 0 bridgehead atoms. The molecular weight excluding hydrogens is 246 g/mol. The quantitative estimate of drug-likeness (QED) is 0.770. The molecule has 2 rings (SSSR count). The van der Waals surface area contributed by atoms with Gasteiger partial charge in [-0.2, -0.15) is 0 Å². The fourth-order valence-electron chi connectivity index (χ4n) is 1.76. The predicted molar refractivity (Wildman–Crippen MR) is 66.8 cm³/mol. The van der Waals surface area contributed by atoms with Crippen molar-refractivity contribution in [3.63, 3.8) is 0 Å². The van der Waals surface area contributed by atoms with E-state index in [-0.39, 0.29) is 19.1 Å². The van der Waals surface area contributed by atoms with Crippen molar-refractivity contribution in [2.24, 2.45) is 0 Å². The second-order valence-corrected chi connectivity index (χ2v) is 4.41. The lowest BCUT2D eigenvalue weighted by Gasteiger charge is -2.29. The van der Waals surface area contributed by atoms with Gasteiger partial charge < -0.3 is 10.4 Å². The molecule has 19 heavy (non-hydrogen) atoms. The van der Waals surface area contributed by atoms with E-state index < -0.39 is 5.54 Å². The molecule has 2 aromatic rings. The average molecular weight is 261 g/mol. The highest BCUT2D eigenvalue weighted by Gasteiger charge is 2.27. The first-order chi connectivity index (χ1) is 9.14. The van der Waals surface area contributed by atoms with Crippen LogP contribution < -0.4 is 5.32 Å². The minimum atomic E-state index is -0.827. The molecule has 1 heterocycles. The molecule has 0 saturated heterocycles. The molecule has 0 spiro atoms. The Hall–Kier alpha value is -2.28. The summed E-state index contributed by atoms with van der Waals surface area (Å²) < 4.78 is 1.32. The Balaban J connectivity index is 2.08. The summed E-state index contributed by atoms with van der Waals surface area (Å²) in [6.07, 6.45) is 1.36. The maximum Gasteiger partial charge on any atom is 0.242 e. The Morgan fingerprint density at radius 1 is 1.42 bits per heavy atom. The van der Waals surface area contributed by atoms with Crippen LogP contribution in [0.5, 0.6) is 0 Å². The Kier molecular flexibility index (Phi) is 3.86. The van der Waals surface area contributed by atoms with Crippen LogP contribution in [-0.2, 0) is 16.9 Å². The van der Waals surface area contributed by atoms with Gasteiger partial charge in [0.2, 0.25) is 5.91 Å². The molecule has 1 amide bonds. The van der Waals surface area contributed by atoms with Crippen LogP contribution in [0.1, 0.15) is 12.5 Å². The van der Waals surface area contributed by atoms with Gasteiger partial charge in [-0.1, -0.05) is 30.3 Å². The van der Waals surface area contributed by atoms with Crippen LogP contribution in [0.15, 0.2) is 36.7 Å². The standard InChI is InChI=1S/C12H15N5O2/c1-12(8-18,10-5-3-2-4-6-10)14-11(19)7-17-9-13-15-16-17/h2-6,9,18H,7-8H2,1H3,(H,14,19). The van der Waals surface area contributed by atoms with E-state index >= 15 is 0 Å². The van der Waals surface area contributed by atoms with Crippen molar-refractivity contribution in [2.45, 2.75) is 19.0 Å². The smallest absolute Gasteiger partial charge is 0.242 e. The number of nitrogens with zero attached hydrogens (tertiary/aromatic N) is 4. The van der Waals surface area contributed by atoms with E-state index in [2.05, 4.69) is 20.8 Å². The van der Waals surface area contributed by atoms with Gasteiger partial charge in [0.1, 0.15) is 12.9 Å². The predicted octanol–water partition coefficient (Wildman–Crippen LogP) is -0.303. The van der Waals surface area contributed by atoms with Gasteiger partial charge in [0.05, 0.1) is 12.1 Å². The van der Waals surface area contributed by atoms with Gasteiger partial charge in [-0.05, 0) is 22.9 Å². The topological polar surface area (TPSA) is 92.9 Å². The summed E-state index contributed by atoms with van der Waals surface area (Å²) in [5.41, 5.74) is 0.00868. The summed E-state index contributed by atoms with van der Waals surface area (Å²) in [6.45, 7) is 1.58. The number of carbonyl (C=O) groups is 1. The molecule has 7 heteroatoms. The van der Waals surface area contributed by atoms with Crippen LogP contribution in [0.25, 0.3) is 0 Å². The van der Waals surface area contributed by atoms with E-state index in [1.807, 2.05) is 30.3 Å². The number of amides is 1. The molecule has 1 aromatic carbocycles. The lowest BCUT2D eigenvalue weighted by molar-refractivity contribution is -0.124. The minimum Gasteiger partial charge on any atom is -0.394 e. The number of aliphatic hydroxyl groups excluding tert-OH is 1. The molecule has 0 aliphatic carbocycles. The number of carbonyl (C=O) groups excluding carboxylic acids is 1. The third-order valence-corrected chi connectivity index (χ3v) is 2.84. The van der Waals surface area contributed by atoms with Crippen molar-refractivity contribution >= 4 is 5.91 Å². The van der Waals surface area contributed by atoms with Gasteiger partial charge in [0, 0.05) is 0 Å². The van der Waals surface area contributed by atoms with E-state index in [4.69, 9.17) is 0 Å². The average Bonchev–Trinajstić information content (AvgIpc) is 2.92. The van der Waals surface area contributed by atoms with Gasteiger partial charge >= 0.3 is 0 Å². The summed E-state index contributed by atoms with van der Waals surface area (Å²) in [4.78, 5) is 11.9. The van der Waals surface area contributed by atoms with Crippen LogP contribution in [0.4, 0.5) is 0 Å². The molecule has 100 valence electrons. The van der Waals surface area contributed by atoms with E-state index in [0.717, 1.165) is 5.56 Å².